The van der Waals surface area contributed by atoms with Crippen molar-refractivity contribution in [3.8, 4) is 0 Å². The van der Waals surface area contributed by atoms with Crippen LogP contribution in [0.15, 0.2) is 42.0 Å². The number of nitrogens with zero attached hydrogens (tertiary/aromatic N) is 2. The molecule has 1 amide bonds. The molecule has 1 aromatic carbocycles. The van der Waals surface area contributed by atoms with Crippen molar-refractivity contribution < 1.29 is 9.59 Å². The number of hydrogen-bond donors (Lipinski definition) is 1. The molecule has 2 aromatic heterocycles. The minimum absolute atomic E-state index is 0.0383. The molecule has 0 saturated carbocycles. The topological polar surface area (TPSA) is 63.5 Å². The SMILES string of the molecule is CC(=O)c1cccc(NC(=O)c2cn3ccsc3n2)c1. The summed E-state index contributed by atoms with van der Waals surface area (Å²) in [7, 11) is 0. The van der Waals surface area contributed by atoms with E-state index in [4.69, 9.17) is 0 Å². The van der Waals surface area contributed by atoms with Crippen LogP contribution in [0.2, 0.25) is 0 Å². The molecule has 1 N–H and O–H groups in total. The molecule has 0 aliphatic carbocycles. The van der Waals surface area contributed by atoms with Crippen molar-refractivity contribution in [3.05, 3.63) is 53.3 Å². The average Bonchev–Trinajstić information content (AvgIpc) is 2.99. The van der Waals surface area contributed by atoms with Gasteiger partial charge in [-0.25, -0.2) is 4.98 Å². The lowest BCUT2D eigenvalue weighted by atomic mass is 10.1. The molecule has 0 aliphatic rings. The molecule has 100 valence electrons. The van der Waals surface area contributed by atoms with E-state index in [-0.39, 0.29) is 11.7 Å². The van der Waals surface area contributed by atoms with Crippen molar-refractivity contribution in [2.24, 2.45) is 0 Å². The maximum absolute atomic E-state index is 12.1. The van der Waals surface area contributed by atoms with Crippen molar-refractivity contribution >= 4 is 33.7 Å². The predicted octanol–water partition coefficient (Wildman–Crippen LogP) is 2.85. The Morgan fingerprint density at radius 3 is 2.95 bits per heavy atom. The minimum atomic E-state index is -0.290. The number of amides is 1. The largest absolute Gasteiger partial charge is 0.321 e. The standard InChI is InChI=1S/C14H11N3O2S/c1-9(18)10-3-2-4-11(7-10)15-13(19)12-8-17-5-6-20-14(17)16-12/h2-8H,1H3,(H,15,19). The summed E-state index contributed by atoms with van der Waals surface area (Å²) in [6.07, 6.45) is 3.52. The molecule has 0 unspecified atom stereocenters. The fourth-order valence-corrected chi connectivity index (χ4v) is 2.55. The highest BCUT2D eigenvalue weighted by Crippen LogP contribution is 2.15. The minimum Gasteiger partial charge on any atom is -0.321 e. The van der Waals surface area contributed by atoms with E-state index in [0.29, 0.717) is 16.9 Å². The predicted molar refractivity (Wildman–Crippen MR) is 77.5 cm³/mol. The van der Waals surface area contributed by atoms with Gasteiger partial charge in [0.2, 0.25) is 0 Å². The summed E-state index contributed by atoms with van der Waals surface area (Å²) in [6.45, 7) is 1.49. The number of benzene rings is 1. The first-order chi connectivity index (χ1) is 9.63. The highest BCUT2D eigenvalue weighted by molar-refractivity contribution is 7.15. The van der Waals surface area contributed by atoms with Gasteiger partial charge < -0.3 is 5.32 Å². The summed E-state index contributed by atoms with van der Waals surface area (Å²) < 4.78 is 1.80. The van der Waals surface area contributed by atoms with Crippen molar-refractivity contribution in [2.45, 2.75) is 6.92 Å². The second kappa shape index (κ2) is 4.90. The van der Waals surface area contributed by atoms with Gasteiger partial charge in [-0.3, -0.25) is 14.0 Å². The third-order valence-corrected chi connectivity index (χ3v) is 3.62. The Labute approximate surface area is 118 Å². The lowest BCUT2D eigenvalue weighted by Gasteiger charge is -2.04. The van der Waals surface area contributed by atoms with Gasteiger partial charge in [-0.15, -0.1) is 11.3 Å². The zero-order valence-electron chi connectivity index (χ0n) is 10.7. The molecule has 0 spiro atoms. The Kier molecular flexibility index (Phi) is 3.08. The molecule has 0 saturated heterocycles. The van der Waals surface area contributed by atoms with Gasteiger partial charge in [0.25, 0.3) is 5.91 Å². The van der Waals surface area contributed by atoms with E-state index in [1.54, 1.807) is 34.9 Å². The molecule has 0 aliphatic heterocycles. The molecule has 0 radical (unpaired) electrons. The smallest absolute Gasteiger partial charge is 0.275 e. The summed E-state index contributed by atoms with van der Waals surface area (Å²) in [5, 5.41) is 4.64. The zero-order valence-corrected chi connectivity index (χ0v) is 11.5. The monoisotopic (exact) mass is 285 g/mol. The number of imidazole rings is 1. The molecular weight excluding hydrogens is 274 g/mol. The second-order valence-electron chi connectivity index (χ2n) is 4.31. The summed E-state index contributed by atoms with van der Waals surface area (Å²) in [6, 6.07) is 6.84. The van der Waals surface area contributed by atoms with Crippen LogP contribution in [0, 0.1) is 0 Å². The lowest BCUT2D eigenvalue weighted by Crippen LogP contribution is -2.12. The van der Waals surface area contributed by atoms with Crippen LogP contribution in [-0.4, -0.2) is 21.1 Å². The Morgan fingerprint density at radius 1 is 1.35 bits per heavy atom. The summed E-state index contributed by atoms with van der Waals surface area (Å²) >= 11 is 1.47. The van der Waals surface area contributed by atoms with E-state index in [9.17, 15) is 9.59 Å². The first kappa shape index (κ1) is 12.6. The van der Waals surface area contributed by atoms with Crippen molar-refractivity contribution in [3.63, 3.8) is 0 Å². The van der Waals surface area contributed by atoms with Gasteiger partial charge in [-0.2, -0.15) is 0 Å². The van der Waals surface area contributed by atoms with Gasteiger partial charge in [0.05, 0.1) is 0 Å². The summed E-state index contributed by atoms with van der Waals surface area (Å²) in [5.41, 5.74) is 1.50. The van der Waals surface area contributed by atoms with Gasteiger partial charge in [0, 0.05) is 29.0 Å². The average molecular weight is 285 g/mol. The van der Waals surface area contributed by atoms with Crippen molar-refractivity contribution in [2.75, 3.05) is 5.32 Å². The van der Waals surface area contributed by atoms with Crippen LogP contribution in [-0.2, 0) is 0 Å². The number of fused-ring (bicyclic) bond motifs is 1. The number of nitrogens with one attached hydrogen (secondary N) is 1. The van der Waals surface area contributed by atoms with Crippen LogP contribution >= 0.6 is 11.3 Å². The Morgan fingerprint density at radius 2 is 2.20 bits per heavy atom. The fraction of sp³-hybridized carbons (Fsp3) is 0.0714. The molecule has 0 bridgehead atoms. The van der Waals surface area contributed by atoms with Crippen LogP contribution in [0.3, 0.4) is 0 Å². The third kappa shape index (κ3) is 2.33. The number of carbonyl (C=O) groups is 2. The van der Waals surface area contributed by atoms with Crippen LogP contribution in [0.5, 0.6) is 0 Å². The van der Waals surface area contributed by atoms with E-state index in [1.807, 2.05) is 11.6 Å². The van der Waals surface area contributed by atoms with Gasteiger partial charge in [-0.05, 0) is 19.1 Å². The summed E-state index contributed by atoms with van der Waals surface area (Å²) in [4.78, 5) is 28.4. The number of rotatable bonds is 3. The normalized spacial score (nSPS) is 10.7. The van der Waals surface area contributed by atoms with Crippen molar-refractivity contribution in [1.29, 1.82) is 0 Å². The highest BCUT2D eigenvalue weighted by Gasteiger charge is 2.12. The molecule has 6 heteroatoms. The second-order valence-corrected chi connectivity index (χ2v) is 5.18. The van der Waals surface area contributed by atoms with E-state index in [0.717, 1.165) is 4.96 Å². The van der Waals surface area contributed by atoms with Gasteiger partial charge in [0.15, 0.2) is 10.7 Å². The molecule has 20 heavy (non-hydrogen) atoms. The maximum Gasteiger partial charge on any atom is 0.275 e. The summed E-state index contributed by atoms with van der Waals surface area (Å²) in [5.74, 6) is -0.329. The number of Topliss-reactive ketones (excluding diaryl/α,β-unsaturated/α-hetero) is 1. The van der Waals surface area contributed by atoms with Gasteiger partial charge in [-0.1, -0.05) is 12.1 Å². The molecular formula is C14H11N3O2S. The molecule has 5 nitrogen and oxygen atoms in total. The molecule has 3 rings (SSSR count). The quantitative estimate of drug-likeness (QED) is 0.753. The molecule has 0 fully saturated rings. The fourth-order valence-electron chi connectivity index (χ4n) is 1.85. The van der Waals surface area contributed by atoms with Crippen LogP contribution in [0.1, 0.15) is 27.8 Å². The van der Waals surface area contributed by atoms with Gasteiger partial charge in [0.1, 0.15) is 5.69 Å². The van der Waals surface area contributed by atoms with E-state index in [1.165, 1.54) is 18.3 Å². The van der Waals surface area contributed by atoms with E-state index < -0.39 is 0 Å². The first-order valence-corrected chi connectivity index (χ1v) is 6.86. The van der Waals surface area contributed by atoms with Crippen LogP contribution < -0.4 is 5.32 Å². The zero-order chi connectivity index (χ0) is 14.1. The maximum atomic E-state index is 12.1. The van der Waals surface area contributed by atoms with Crippen LogP contribution in [0.25, 0.3) is 4.96 Å². The van der Waals surface area contributed by atoms with E-state index in [2.05, 4.69) is 10.3 Å². The van der Waals surface area contributed by atoms with Crippen molar-refractivity contribution in [1.82, 2.24) is 9.38 Å². The lowest BCUT2D eigenvalue weighted by molar-refractivity contribution is 0.100. The number of thiazole rings is 1. The molecule has 0 atom stereocenters. The number of aromatic nitrogens is 2. The molecule has 3 aromatic rings. The highest BCUT2D eigenvalue weighted by atomic mass is 32.1. The Bertz CT molecular complexity index is 775. The van der Waals surface area contributed by atoms with Crippen LogP contribution in [0.4, 0.5) is 5.69 Å². The third-order valence-electron chi connectivity index (χ3n) is 2.85. The number of ketones is 1. The molecule has 2 heterocycles. The Hall–Kier alpha value is -2.47. The Balaban J connectivity index is 1.83. The number of anilines is 1. The first-order valence-electron chi connectivity index (χ1n) is 5.98. The van der Waals surface area contributed by atoms with Gasteiger partial charge >= 0.3 is 0 Å². The number of carbonyl (C=O) groups excluding carboxylic acids is 2. The van der Waals surface area contributed by atoms with E-state index >= 15 is 0 Å². The number of hydrogen-bond acceptors (Lipinski definition) is 4.